The fraction of sp³-hybridized carbons (Fsp3) is 0.136. The third-order valence-corrected chi connectivity index (χ3v) is 4.08. The number of methoxy groups -OCH3 is 1. The molecule has 0 saturated carbocycles. The molecule has 1 aromatic heterocycles. The van der Waals surface area contributed by atoms with Crippen molar-refractivity contribution in [3.8, 4) is 5.75 Å². The van der Waals surface area contributed by atoms with Gasteiger partial charge in [-0.15, -0.1) is 0 Å². The molecular weight excluding hydrogens is 368 g/mol. The lowest BCUT2D eigenvalue weighted by molar-refractivity contribution is -0.114. The minimum absolute atomic E-state index is 0.131. The van der Waals surface area contributed by atoms with Gasteiger partial charge in [-0.2, -0.15) is 0 Å². The average molecular weight is 390 g/mol. The number of amides is 2. The highest BCUT2D eigenvalue weighted by molar-refractivity contribution is 5.92. The molecule has 0 aliphatic heterocycles. The quantitative estimate of drug-likeness (QED) is 0.572. The van der Waals surface area contributed by atoms with E-state index in [4.69, 9.17) is 4.74 Å². The zero-order valence-corrected chi connectivity index (χ0v) is 16.2. The molecular formula is C22H22N4O3. The molecule has 2 aromatic carbocycles. The number of nitrogens with one attached hydrogen (secondary N) is 3. The number of carbonyl (C=O) groups excluding carboxylic acids is 2. The van der Waals surface area contributed by atoms with Crippen LogP contribution in [-0.4, -0.2) is 23.9 Å². The van der Waals surface area contributed by atoms with E-state index in [-0.39, 0.29) is 11.8 Å². The van der Waals surface area contributed by atoms with E-state index < -0.39 is 0 Å². The number of nitrogens with zero attached hydrogens (tertiary/aromatic N) is 1. The lowest BCUT2D eigenvalue weighted by atomic mass is 10.2. The molecule has 3 N–H and O–H groups in total. The second-order valence-corrected chi connectivity index (χ2v) is 6.35. The summed E-state index contributed by atoms with van der Waals surface area (Å²) >= 11 is 0. The molecule has 2 amide bonds. The second-order valence-electron chi connectivity index (χ2n) is 6.35. The third-order valence-electron chi connectivity index (χ3n) is 4.08. The Kier molecular flexibility index (Phi) is 6.42. The molecule has 0 spiro atoms. The third kappa shape index (κ3) is 5.80. The number of hydrogen-bond acceptors (Lipinski definition) is 5. The van der Waals surface area contributed by atoms with Crippen LogP contribution in [0.1, 0.15) is 23.0 Å². The van der Waals surface area contributed by atoms with Crippen LogP contribution in [0.3, 0.4) is 0 Å². The van der Waals surface area contributed by atoms with E-state index in [2.05, 4.69) is 20.9 Å². The molecule has 0 saturated heterocycles. The standard InChI is InChI=1S/C22H22N4O3/c1-15(27)25-17-4-3-5-18(12-17)26-19-8-11-21(23-14-19)22(28)24-13-16-6-9-20(29-2)10-7-16/h3-12,14,26H,13H2,1-2H3,(H,24,28)(H,25,27). The van der Waals surface area contributed by atoms with Crippen molar-refractivity contribution < 1.29 is 14.3 Å². The van der Waals surface area contributed by atoms with Crippen molar-refractivity contribution in [1.29, 1.82) is 0 Å². The largest absolute Gasteiger partial charge is 0.497 e. The maximum absolute atomic E-state index is 12.3. The first-order valence-corrected chi connectivity index (χ1v) is 9.05. The monoisotopic (exact) mass is 390 g/mol. The van der Waals surface area contributed by atoms with E-state index in [1.165, 1.54) is 6.92 Å². The van der Waals surface area contributed by atoms with Gasteiger partial charge in [0.25, 0.3) is 5.91 Å². The molecule has 0 atom stereocenters. The van der Waals surface area contributed by atoms with Crippen molar-refractivity contribution >= 4 is 28.9 Å². The van der Waals surface area contributed by atoms with Crippen LogP contribution in [0.4, 0.5) is 17.1 Å². The Bertz CT molecular complexity index is 986. The summed E-state index contributed by atoms with van der Waals surface area (Å²) in [6.45, 7) is 1.86. The maximum Gasteiger partial charge on any atom is 0.270 e. The van der Waals surface area contributed by atoms with Gasteiger partial charge in [-0.05, 0) is 48.0 Å². The Morgan fingerprint density at radius 1 is 0.966 bits per heavy atom. The van der Waals surface area contributed by atoms with Crippen molar-refractivity contribution in [3.63, 3.8) is 0 Å². The number of ether oxygens (including phenoxy) is 1. The van der Waals surface area contributed by atoms with Crippen molar-refractivity contribution in [2.24, 2.45) is 0 Å². The van der Waals surface area contributed by atoms with Gasteiger partial charge in [-0.1, -0.05) is 18.2 Å². The smallest absolute Gasteiger partial charge is 0.270 e. The van der Waals surface area contributed by atoms with Gasteiger partial charge in [0.15, 0.2) is 0 Å². The van der Waals surface area contributed by atoms with Crippen molar-refractivity contribution in [2.75, 3.05) is 17.7 Å². The molecule has 0 radical (unpaired) electrons. The van der Waals surface area contributed by atoms with Crippen LogP contribution in [0.25, 0.3) is 0 Å². The first kappa shape index (κ1) is 19.9. The van der Waals surface area contributed by atoms with Crippen molar-refractivity contribution in [1.82, 2.24) is 10.3 Å². The normalized spacial score (nSPS) is 10.1. The van der Waals surface area contributed by atoms with E-state index in [1.807, 2.05) is 42.5 Å². The zero-order valence-electron chi connectivity index (χ0n) is 16.2. The highest BCUT2D eigenvalue weighted by Gasteiger charge is 2.07. The number of aromatic nitrogens is 1. The van der Waals surface area contributed by atoms with Gasteiger partial charge in [-0.3, -0.25) is 9.59 Å². The van der Waals surface area contributed by atoms with Crippen LogP contribution in [0.2, 0.25) is 0 Å². The molecule has 0 fully saturated rings. The highest BCUT2D eigenvalue weighted by Crippen LogP contribution is 2.20. The second kappa shape index (κ2) is 9.36. The topological polar surface area (TPSA) is 92.4 Å². The predicted octanol–water partition coefficient (Wildman–Crippen LogP) is 3.72. The van der Waals surface area contributed by atoms with Gasteiger partial charge in [-0.25, -0.2) is 4.98 Å². The van der Waals surface area contributed by atoms with Gasteiger partial charge in [0.2, 0.25) is 5.91 Å². The van der Waals surface area contributed by atoms with Gasteiger partial charge in [0, 0.05) is 24.8 Å². The molecule has 3 rings (SSSR count). The number of benzene rings is 2. The molecule has 0 aliphatic carbocycles. The van der Waals surface area contributed by atoms with E-state index >= 15 is 0 Å². The molecule has 1 heterocycles. The van der Waals surface area contributed by atoms with Crippen LogP contribution in [-0.2, 0) is 11.3 Å². The Hall–Kier alpha value is -3.87. The van der Waals surface area contributed by atoms with Gasteiger partial charge in [0.1, 0.15) is 11.4 Å². The number of rotatable bonds is 7. The minimum atomic E-state index is -0.250. The number of anilines is 3. The summed E-state index contributed by atoms with van der Waals surface area (Å²) in [6, 6.07) is 18.3. The average Bonchev–Trinajstić information content (AvgIpc) is 2.73. The van der Waals surface area contributed by atoms with Crippen LogP contribution in [0.5, 0.6) is 5.75 Å². The Morgan fingerprint density at radius 2 is 1.72 bits per heavy atom. The lowest BCUT2D eigenvalue weighted by Crippen LogP contribution is -2.23. The van der Waals surface area contributed by atoms with E-state index in [0.29, 0.717) is 17.9 Å². The molecule has 7 nitrogen and oxygen atoms in total. The van der Waals surface area contributed by atoms with Crippen molar-refractivity contribution in [2.45, 2.75) is 13.5 Å². The summed E-state index contributed by atoms with van der Waals surface area (Å²) in [5.41, 5.74) is 3.53. The van der Waals surface area contributed by atoms with Crippen LogP contribution in [0, 0.1) is 0 Å². The molecule has 29 heavy (non-hydrogen) atoms. The summed E-state index contributed by atoms with van der Waals surface area (Å²) in [4.78, 5) is 27.7. The molecule has 7 heteroatoms. The molecule has 0 bridgehead atoms. The SMILES string of the molecule is COc1ccc(CNC(=O)c2ccc(Nc3cccc(NC(C)=O)c3)cn2)cc1. The zero-order chi connectivity index (χ0) is 20.6. The fourth-order valence-electron chi connectivity index (χ4n) is 2.66. The molecule has 0 aliphatic rings. The van der Waals surface area contributed by atoms with E-state index in [9.17, 15) is 9.59 Å². The molecule has 3 aromatic rings. The van der Waals surface area contributed by atoms with Crippen molar-refractivity contribution in [3.05, 3.63) is 78.1 Å². The summed E-state index contributed by atoms with van der Waals surface area (Å²) in [5, 5.41) is 8.77. The van der Waals surface area contributed by atoms with E-state index in [0.717, 1.165) is 22.7 Å². The minimum Gasteiger partial charge on any atom is -0.497 e. The van der Waals surface area contributed by atoms with Gasteiger partial charge < -0.3 is 20.7 Å². The first-order chi connectivity index (χ1) is 14.0. The first-order valence-electron chi connectivity index (χ1n) is 9.05. The van der Waals surface area contributed by atoms with Crippen LogP contribution in [0.15, 0.2) is 66.9 Å². The van der Waals surface area contributed by atoms with Gasteiger partial charge in [0.05, 0.1) is 19.0 Å². The summed E-state index contributed by atoms with van der Waals surface area (Å²) < 4.78 is 5.12. The summed E-state index contributed by atoms with van der Waals surface area (Å²) in [7, 11) is 1.61. The number of hydrogen-bond donors (Lipinski definition) is 3. The Balaban J connectivity index is 1.57. The predicted molar refractivity (Wildman–Crippen MR) is 112 cm³/mol. The maximum atomic E-state index is 12.3. The van der Waals surface area contributed by atoms with Gasteiger partial charge >= 0.3 is 0 Å². The highest BCUT2D eigenvalue weighted by atomic mass is 16.5. The summed E-state index contributed by atoms with van der Waals surface area (Å²) in [5.74, 6) is 0.390. The Labute approximate surface area is 169 Å². The summed E-state index contributed by atoms with van der Waals surface area (Å²) in [6.07, 6.45) is 1.59. The van der Waals surface area contributed by atoms with Crippen LogP contribution < -0.4 is 20.7 Å². The fourth-order valence-corrected chi connectivity index (χ4v) is 2.66. The lowest BCUT2D eigenvalue weighted by Gasteiger charge is -2.09. The van der Waals surface area contributed by atoms with Crippen LogP contribution >= 0.6 is 0 Å². The molecule has 148 valence electrons. The number of carbonyl (C=O) groups is 2. The Morgan fingerprint density at radius 3 is 2.38 bits per heavy atom. The number of pyridine rings is 1. The van der Waals surface area contributed by atoms with E-state index in [1.54, 1.807) is 31.5 Å². The molecule has 0 unspecified atom stereocenters.